The van der Waals surface area contributed by atoms with E-state index in [4.69, 9.17) is 33.4 Å². The largest absolute Gasteiger partial charge is 0.470 e. The summed E-state index contributed by atoms with van der Waals surface area (Å²) in [7, 11) is -9.37. The molecule has 11 heteroatoms. The Hall–Kier alpha value is 0.180. The Labute approximate surface area is 136 Å². The summed E-state index contributed by atoms with van der Waals surface area (Å²) in [6, 6.07) is 0. The molecule has 0 fully saturated rings. The predicted octanol–water partition coefficient (Wildman–Crippen LogP) is 2.34. The lowest BCUT2D eigenvalue weighted by molar-refractivity contribution is -0.0947. The molecule has 9 nitrogen and oxygen atoms in total. The van der Waals surface area contributed by atoms with Crippen LogP contribution >= 0.6 is 15.6 Å². The fourth-order valence-corrected chi connectivity index (χ4v) is 3.78. The van der Waals surface area contributed by atoms with E-state index in [1.165, 1.54) is 0 Å². The minimum Gasteiger partial charge on any atom is -0.375 e. The second-order valence-corrected chi connectivity index (χ2v) is 7.76. The first kappa shape index (κ1) is 23.2. The second-order valence-electron chi connectivity index (χ2n) is 5.44. The molecule has 0 saturated carbocycles. The molecule has 0 radical (unpaired) electrons. The van der Waals surface area contributed by atoms with Crippen molar-refractivity contribution in [2.24, 2.45) is 0 Å². The van der Waals surface area contributed by atoms with E-state index in [2.05, 4.69) is 0 Å². The van der Waals surface area contributed by atoms with Crippen molar-refractivity contribution in [2.45, 2.75) is 64.6 Å². The molecule has 0 amide bonds. The predicted molar refractivity (Wildman–Crippen MR) is 83.7 cm³/mol. The zero-order valence-corrected chi connectivity index (χ0v) is 15.8. The van der Waals surface area contributed by atoms with E-state index in [1.807, 2.05) is 0 Å². The van der Waals surface area contributed by atoms with Gasteiger partial charge in [-0.2, -0.15) is 0 Å². The maximum atomic E-state index is 11.1. The van der Waals surface area contributed by atoms with Gasteiger partial charge in [-0.05, 0) is 25.7 Å². The van der Waals surface area contributed by atoms with Crippen LogP contribution in [0.1, 0.15) is 53.4 Å². The Morgan fingerprint density at radius 1 is 0.696 bits per heavy atom. The molecule has 0 aromatic carbocycles. The molecule has 0 unspecified atom stereocenters. The van der Waals surface area contributed by atoms with Crippen LogP contribution < -0.4 is 0 Å². The Bertz CT molecular complexity index is 394. The highest BCUT2D eigenvalue weighted by Gasteiger charge is 2.39. The van der Waals surface area contributed by atoms with E-state index in [0.29, 0.717) is 25.7 Å². The van der Waals surface area contributed by atoms with Crippen molar-refractivity contribution < 1.29 is 42.5 Å². The second kappa shape index (κ2) is 9.04. The molecule has 0 atom stereocenters. The van der Waals surface area contributed by atoms with E-state index < -0.39 is 26.8 Å². The van der Waals surface area contributed by atoms with Crippen molar-refractivity contribution in [1.29, 1.82) is 0 Å². The van der Waals surface area contributed by atoms with Crippen LogP contribution in [-0.4, -0.2) is 44.0 Å². The van der Waals surface area contributed by atoms with Gasteiger partial charge in [-0.3, -0.25) is 9.05 Å². The van der Waals surface area contributed by atoms with Crippen LogP contribution in [0, 0.1) is 0 Å². The fourth-order valence-electron chi connectivity index (χ4n) is 2.15. The summed E-state index contributed by atoms with van der Waals surface area (Å²) in [6.45, 7) is 6.58. The van der Waals surface area contributed by atoms with Gasteiger partial charge in [0.15, 0.2) is 0 Å². The Balaban J connectivity index is 4.96. The molecule has 0 aliphatic carbocycles. The fraction of sp³-hybridized carbons (Fsp3) is 1.00. The molecule has 0 rings (SSSR count). The smallest absolute Gasteiger partial charge is 0.375 e. The molecule has 0 aliphatic rings. The lowest BCUT2D eigenvalue weighted by atomic mass is 9.97. The van der Waals surface area contributed by atoms with Crippen LogP contribution in [0.3, 0.4) is 0 Å². The minimum atomic E-state index is -4.68. The zero-order chi connectivity index (χ0) is 18.4. The number of hydrogen-bond donors (Lipinski definition) is 4. The van der Waals surface area contributed by atoms with Gasteiger partial charge in [-0.25, -0.2) is 9.13 Å². The quantitative estimate of drug-likeness (QED) is 0.376. The van der Waals surface area contributed by atoms with E-state index in [9.17, 15) is 9.13 Å². The summed E-state index contributed by atoms with van der Waals surface area (Å²) in [5, 5.41) is 0. The van der Waals surface area contributed by atoms with Crippen molar-refractivity contribution in [3.8, 4) is 0 Å². The summed E-state index contributed by atoms with van der Waals surface area (Å²) in [5.74, 6) is 0. The molecule has 0 heterocycles. The lowest BCUT2D eigenvalue weighted by Gasteiger charge is -2.35. The van der Waals surface area contributed by atoms with Gasteiger partial charge < -0.3 is 24.3 Å². The zero-order valence-electron chi connectivity index (χ0n) is 14.0. The SMILES string of the molecule is CCC(CC)(COCC(CC)(CC)OP(=O)(O)O)OP(=O)(O)O. The summed E-state index contributed by atoms with van der Waals surface area (Å²) < 4.78 is 37.4. The van der Waals surface area contributed by atoms with Crippen molar-refractivity contribution in [1.82, 2.24) is 0 Å². The van der Waals surface area contributed by atoms with Crippen LogP contribution in [0.4, 0.5) is 0 Å². The highest BCUT2D eigenvalue weighted by Crippen LogP contribution is 2.45. The Kier molecular flexibility index (Phi) is 9.11. The number of phosphoric ester groups is 2. The van der Waals surface area contributed by atoms with Gasteiger partial charge in [0.2, 0.25) is 0 Å². The number of hydrogen-bond acceptors (Lipinski definition) is 5. The van der Waals surface area contributed by atoms with Gasteiger partial charge in [0.25, 0.3) is 0 Å². The van der Waals surface area contributed by atoms with E-state index >= 15 is 0 Å². The summed E-state index contributed by atoms with van der Waals surface area (Å²) in [4.78, 5) is 36.1. The van der Waals surface area contributed by atoms with Crippen LogP contribution in [0.5, 0.6) is 0 Å². The number of phosphoric acid groups is 2. The number of rotatable bonds is 12. The molecule has 140 valence electrons. The van der Waals surface area contributed by atoms with Crippen LogP contribution in [-0.2, 0) is 22.9 Å². The van der Waals surface area contributed by atoms with Crippen LogP contribution in [0.2, 0.25) is 0 Å². The average molecular weight is 378 g/mol. The van der Waals surface area contributed by atoms with Gasteiger partial charge in [0, 0.05) is 0 Å². The Morgan fingerprint density at radius 3 is 1.13 bits per heavy atom. The molecule has 0 bridgehead atoms. The van der Waals surface area contributed by atoms with Crippen molar-refractivity contribution in [3.05, 3.63) is 0 Å². The van der Waals surface area contributed by atoms with Gasteiger partial charge in [-0.1, -0.05) is 27.7 Å². The third kappa shape index (κ3) is 8.72. The first-order valence-corrected chi connectivity index (χ1v) is 10.5. The molecular weight excluding hydrogens is 350 g/mol. The molecule has 0 saturated heterocycles. The first-order chi connectivity index (χ1) is 10.4. The number of ether oxygens (including phenoxy) is 1. The average Bonchev–Trinajstić information content (AvgIpc) is 2.42. The van der Waals surface area contributed by atoms with Gasteiger partial charge in [0.05, 0.1) is 13.2 Å². The molecule has 0 spiro atoms. The van der Waals surface area contributed by atoms with Crippen molar-refractivity contribution >= 4 is 15.6 Å². The maximum absolute atomic E-state index is 11.1. The summed E-state index contributed by atoms with van der Waals surface area (Å²) in [5.41, 5.74) is -2.34. The third-order valence-corrected chi connectivity index (χ3v) is 5.18. The molecule has 23 heavy (non-hydrogen) atoms. The Morgan fingerprint density at radius 2 is 0.957 bits per heavy atom. The lowest BCUT2D eigenvalue weighted by Crippen LogP contribution is -2.41. The van der Waals surface area contributed by atoms with Gasteiger partial charge in [0.1, 0.15) is 11.2 Å². The van der Waals surface area contributed by atoms with Crippen molar-refractivity contribution in [3.63, 3.8) is 0 Å². The normalized spacial score (nSPS) is 14.3. The highest BCUT2D eigenvalue weighted by atomic mass is 31.2. The van der Waals surface area contributed by atoms with Crippen LogP contribution in [0.25, 0.3) is 0 Å². The van der Waals surface area contributed by atoms with Gasteiger partial charge >= 0.3 is 15.6 Å². The monoisotopic (exact) mass is 378 g/mol. The summed E-state index contributed by atoms with van der Waals surface area (Å²) in [6.07, 6.45) is 1.22. The maximum Gasteiger partial charge on any atom is 0.470 e. The van der Waals surface area contributed by atoms with Crippen LogP contribution in [0.15, 0.2) is 0 Å². The third-order valence-electron chi connectivity index (χ3n) is 3.93. The minimum absolute atomic E-state index is 0.128. The highest BCUT2D eigenvalue weighted by molar-refractivity contribution is 7.46. The van der Waals surface area contributed by atoms with E-state index in [0.717, 1.165) is 0 Å². The van der Waals surface area contributed by atoms with Crippen molar-refractivity contribution in [2.75, 3.05) is 13.2 Å². The topological polar surface area (TPSA) is 143 Å². The summed E-state index contributed by atoms with van der Waals surface area (Å²) >= 11 is 0. The van der Waals surface area contributed by atoms with E-state index in [1.54, 1.807) is 27.7 Å². The first-order valence-electron chi connectivity index (χ1n) is 7.47. The molecule has 4 N–H and O–H groups in total. The molecule has 0 aromatic rings. The molecule has 0 aromatic heterocycles. The molecule has 0 aliphatic heterocycles. The van der Waals surface area contributed by atoms with E-state index in [-0.39, 0.29) is 13.2 Å². The molecular formula is C12H28O9P2. The standard InChI is InChI=1S/C12H28O9P2/c1-5-11(6-2,20-22(13,14)15)9-19-10-12(7-3,8-4)21-23(16,17)18/h5-10H2,1-4H3,(H2,13,14,15)(H2,16,17,18). The van der Waals surface area contributed by atoms with Gasteiger partial charge in [-0.15, -0.1) is 0 Å².